The van der Waals surface area contributed by atoms with Crippen LogP contribution in [-0.4, -0.2) is 25.2 Å². The zero-order chi connectivity index (χ0) is 16.4. The van der Waals surface area contributed by atoms with Gasteiger partial charge in [-0.15, -0.1) is 0 Å². The van der Waals surface area contributed by atoms with Crippen molar-refractivity contribution in [3.63, 3.8) is 0 Å². The van der Waals surface area contributed by atoms with Crippen LogP contribution in [-0.2, 0) is 16.0 Å². The van der Waals surface area contributed by atoms with Crippen molar-refractivity contribution in [2.75, 3.05) is 11.9 Å². The van der Waals surface area contributed by atoms with Gasteiger partial charge in [-0.05, 0) is 42.2 Å². The fourth-order valence-electron chi connectivity index (χ4n) is 5.31. The summed E-state index contributed by atoms with van der Waals surface area (Å²) in [4.78, 5) is 14.9. The van der Waals surface area contributed by atoms with E-state index in [0.29, 0.717) is 5.92 Å². The monoisotopic (exact) mass is 313 g/mol. The molecule has 1 aromatic rings. The Hall–Kier alpha value is -1.51. The van der Waals surface area contributed by atoms with Crippen LogP contribution >= 0.6 is 0 Å². The molecule has 2 fully saturated rings. The zero-order valence-electron chi connectivity index (χ0n) is 14.6. The molecule has 1 aromatic carbocycles. The lowest BCUT2D eigenvalue weighted by atomic mass is 9.70. The summed E-state index contributed by atoms with van der Waals surface area (Å²) in [6, 6.07) is 8.10. The molecule has 0 radical (unpaired) electrons. The Balaban J connectivity index is 1.50. The maximum atomic E-state index is 12.8. The Kier molecular flexibility index (Phi) is 3.11. The molecule has 2 aliphatic carbocycles. The lowest BCUT2D eigenvalue weighted by Gasteiger charge is -2.39. The molecule has 2 saturated carbocycles. The molecule has 0 spiro atoms. The van der Waals surface area contributed by atoms with Crippen molar-refractivity contribution in [1.82, 2.24) is 0 Å². The lowest BCUT2D eigenvalue weighted by molar-refractivity contribution is -0.158. The first kappa shape index (κ1) is 15.0. The first-order valence-corrected chi connectivity index (χ1v) is 8.86. The van der Waals surface area contributed by atoms with Crippen molar-refractivity contribution < 1.29 is 9.53 Å². The smallest absolute Gasteiger partial charge is 0.329 e. The van der Waals surface area contributed by atoms with Crippen LogP contribution in [0, 0.1) is 16.7 Å². The summed E-state index contributed by atoms with van der Waals surface area (Å²) in [5.41, 5.74) is 2.82. The molecule has 124 valence electrons. The van der Waals surface area contributed by atoms with Gasteiger partial charge in [-0.3, -0.25) is 0 Å². The number of rotatable bonds is 2. The molecule has 0 saturated heterocycles. The van der Waals surface area contributed by atoms with Crippen LogP contribution in [0.4, 0.5) is 5.69 Å². The highest BCUT2D eigenvalue weighted by Crippen LogP contribution is 2.66. The van der Waals surface area contributed by atoms with Crippen molar-refractivity contribution in [1.29, 1.82) is 0 Å². The fraction of sp³-hybridized carbons (Fsp3) is 0.650. The van der Waals surface area contributed by atoms with Crippen molar-refractivity contribution in [2.45, 2.75) is 58.6 Å². The average Bonchev–Trinajstić information content (AvgIpc) is 3.03. The molecule has 1 heterocycles. The van der Waals surface area contributed by atoms with E-state index in [0.717, 1.165) is 18.5 Å². The number of para-hydroxylation sites is 1. The highest BCUT2D eigenvalue weighted by Gasteiger charge is 2.63. The first-order valence-electron chi connectivity index (χ1n) is 8.86. The molecule has 0 N–H and O–H groups in total. The third-order valence-corrected chi connectivity index (χ3v) is 7.50. The second-order valence-electron chi connectivity index (χ2n) is 8.50. The summed E-state index contributed by atoms with van der Waals surface area (Å²) in [5.74, 6) is 0.655. The van der Waals surface area contributed by atoms with Crippen molar-refractivity contribution in [2.24, 2.45) is 16.7 Å². The maximum Gasteiger partial charge on any atom is 0.329 e. The number of ether oxygens (including phenoxy) is 1. The second-order valence-corrected chi connectivity index (χ2v) is 8.50. The Bertz CT molecular complexity index is 653. The van der Waals surface area contributed by atoms with Crippen molar-refractivity contribution in [3.8, 4) is 0 Å². The van der Waals surface area contributed by atoms with Gasteiger partial charge in [-0.1, -0.05) is 39.0 Å². The summed E-state index contributed by atoms with van der Waals surface area (Å²) in [6.07, 6.45) is 4.36. The quantitative estimate of drug-likeness (QED) is 0.778. The maximum absolute atomic E-state index is 12.8. The van der Waals surface area contributed by atoms with Gasteiger partial charge in [0.15, 0.2) is 0 Å². The summed E-state index contributed by atoms with van der Waals surface area (Å²) in [6.45, 7) is 7.04. The molecule has 23 heavy (non-hydrogen) atoms. The summed E-state index contributed by atoms with van der Waals surface area (Å²) >= 11 is 0. The number of anilines is 1. The number of carbonyl (C=O) groups is 1. The van der Waals surface area contributed by atoms with E-state index in [1.165, 1.54) is 18.4 Å². The molecular weight excluding hydrogens is 286 g/mol. The van der Waals surface area contributed by atoms with Gasteiger partial charge in [0, 0.05) is 24.6 Å². The number of esters is 1. The molecule has 3 heteroatoms. The summed E-state index contributed by atoms with van der Waals surface area (Å²) in [5, 5.41) is 0. The van der Waals surface area contributed by atoms with Crippen LogP contribution in [0.1, 0.15) is 45.6 Å². The number of hydrogen-bond donors (Lipinski definition) is 0. The molecule has 0 aromatic heterocycles. The van der Waals surface area contributed by atoms with Crippen LogP contribution < -0.4 is 4.90 Å². The van der Waals surface area contributed by atoms with E-state index in [2.05, 4.69) is 37.8 Å². The van der Waals surface area contributed by atoms with Gasteiger partial charge in [-0.25, -0.2) is 4.79 Å². The minimum atomic E-state index is -0.168. The van der Waals surface area contributed by atoms with Crippen LogP contribution in [0.25, 0.3) is 0 Å². The Morgan fingerprint density at radius 3 is 2.61 bits per heavy atom. The molecule has 4 atom stereocenters. The van der Waals surface area contributed by atoms with Gasteiger partial charge in [0.1, 0.15) is 12.1 Å². The van der Waals surface area contributed by atoms with E-state index in [1.54, 1.807) is 0 Å². The third kappa shape index (κ3) is 1.91. The molecule has 4 unspecified atom stereocenters. The third-order valence-electron chi connectivity index (χ3n) is 7.50. The first-order chi connectivity index (χ1) is 10.8. The Labute approximate surface area is 139 Å². The van der Waals surface area contributed by atoms with Gasteiger partial charge < -0.3 is 9.64 Å². The molecule has 0 amide bonds. The summed E-state index contributed by atoms with van der Waals surface area (Å²) < 4.78 is 6.09. The minimum absolute atomic E-state index is 0.0433. The van der Waals surface area contributed by atoms with Crippen LogP contribution in [0.5, 0.6) is 0 Å². The molecule has 4 rings (SSSR count). The molecule has 3 nitrogen and oxygen atoms in total. The molecule has 3 aliphatic rings. The van der Waals surface area contributed by atoms with Gasteiger partial charge in [-0.2, -0.15) is 0 Å². The number of hydrogen-bond acceptors (Lipinski definition) is 3. The Morgan fingerprint density at radius 1 is 1.26 bits per heavy atom. The zero-order valence-corrected chi connectivity index (χ0v) is 14.6. The fourth-order valence-corrected chi connectivity index (χ4v) is 5.31. The highest BCUT2D eigenvalue weighted by molar-refractivity contribution is 5.84. The van der Waals surface area contributed by atoms with E-state index in [9.17, 15) is 4.79 Å². The SMILES string of the molecule is CN1c2ccccc2CC1C(=O)OC1CC2CCC1(C)C2(C)C. The van der Waals surface area contributed by atoms with E-state index in [-0.39, 0.29) is 28.9 Å². The number of benzene rings is 1. The highest BCUT2D eigenvalue weighted by atomic mass is 16.5. The van der Waals surface area contributed by atoms with Gasteiger partial charge in [0.25, 0.3) is 0 Å². The van der Waals surface area contributed by atoms with Crippen LogP contribution in [0.15, 0.2) is 24.3 Å². The van der Waals surface area contributed by atoms with Gasteiger partial charge in [0.2, 0.25) is 0 Å². The van der Waals surface area contributed by atoms with E-state index >= 15 is 0 Å². The predicted molar refractivity (Wildman–Crippen MR) is 91.4 cm³/mol. The number of likely N-dealkylation sites (N-methyl/N-ethyl adjacent to an activating group) is 1. The Morgan fingerprint density at radius 2 is 2.00 bits per heavy atom. The largest absolute Gasteiger partial charge is 0.460 e. The molecule has 2 bridgehead atoms. The normalized spacial score (nSPS) is 37.0. The van der Waals surface area contributed by atoms with E-state index < -0.39 is 0 Å². The predicted octanol–water partition coefficient (Wildman–Crippen LogP) is 3.81. The molecule has 1 aliphatic heterocycles. The summed E-state index contributed by atoms with van der Waals surface area (Å²) in [7, 11) is 2.00. The van der Waals surface area contributed by atoms with E-state index in [1.807, 2.05) is 19.2 Å². The van der Waals surface area contributed by atoms with Crippen molar-refractivity contribution >= 4 is 11.7 Å². The number of carbonyl (C=O) groups excluding carboxylic acids is 1. The van der Waals surface area contributed by atoms with E-state index in [4.69, 9.17) is 4.74 Å². The molecular formula is C20H27NO2. The number of nitrogens with zero attached hydrogens (tertiary/aromatic N) is 1. The average molecular weight is 313 g/mol. The second kappa shape index (κ2) is 4.75. The van der Waals surface area contributed by atoms with Gasteiger partial charge in [0.05, 0.1) is 0 Å². The van der Waals surface area contributed by atoms with Gasteiger partial charge >= 0.3 is 5.97 Å². The lowest BCUT2D eigenvalue weighted by Crippen LogP contribution is -2.43. The number of fused-ring (bicyclic) bond motifs is 3. The minimum Gasteiger partial charge on any atom is -0.460 e. The van der Waals surface area contributed by atoms with Crippen LogP contribution in [0.3, 0.4) is 0 Å². The standard InChI is InChI=1S/C20H27NO2/c1-19(2)14-9-10-20(19,3)17(12-14)23-18(22)16-11-13-7-5-6-8-15(13)21(16)4/h5-8,14,16-17H,9-12H2,1-4H3. The topological polar surface area (TPSA) is 29.5 Å². The van der Waals surface area contributed by atoms with Crippen LogP contribution in [0.2, 0.25) is 0 Å². The van der Waals surface area contributed by atoms with Crippen molar-refractivity contribution in [3.05, 3.63) is 29.8 Å².